The number of aryl methyl sites for hydroxylation is 1. The highest BCUT2D eigenvalue weighted by Crippen LogP contribution is 2.48. The highest BCUT2D eigenvalue weighted by atomic mass is 19.1. The Labute approximate surface area is 218 Å². The van der Waals surface area contributed by atoms with Gasteiger partial charge in [-0.1, -0.05) is 60.7 Å². The second-order valence-electron chi connectivity index (χ2n) is 9.58. The van der Waals surface area contributed by atoms with Gasteiger partial charge in [0.15, 0.2) is 5.82 Å². The summed E-state index contributed by atoms with van der Waals surface area (Å²) in [6.07, 6.45) is 1.05. The SMILES string of the molecule is C[C@@H](OC(=O)Nc1c(-c2ccc(-c3ccc(C4(C(=O)O)CC4)cc3)cc2)c(F)cn1C)c1cccc(F)c1. The summed E-state index contributed by atoms with van der Waals surface area (Å²) >= 11 is 0. The van der Waals surface area contributed by atoms with Crippen molar-refractivity contribution in [3.8, 4) is 22.3 Å². The van der Waals surface area contributed by atoms with Crippen LogP contribution >= 0.6 is 0 Å². The monoisotopic (exact) mass is 516 g/mol. The molecule has 194 valence electrons. The lowest BCUT2D eigenvalue weighted by molar-refractivity contribution is -0.140. The fourth-order valence-corrected chi connectivity index (χ4v) is 4.69. The van der Waals surface area contributed by atoms with Crippen LogP contribution in [0.1, 0.15) is 37.0 Å². The van der Waals surface area contributed by atoms with Crippen molar-refractivity contribution in [1.82, 2.24) is 4.57 Å². The van der Waals surface area contributed by atoms with E-state index in [2.05, 4.69) is 5.32 Å². The van der Waals surface area contributed by atoms with Crippen LogP contribution in [-0.2, 0) is 22.0 Å². The number of nitrogens with one attached hydrogen (secondary N) is 1. The number of hydrogen-bond donors (Lipinski definition) is 2. The van der Waals surface area contributed by atoms with Crippen LogP contribution in [0.4, 0.5) is 19.4 Å². The lowest BCUT2D eigenvalue weighted by Crippen LogP contribution is -2.19. The molecule has 1 saturated carbocycles. The Morgan fingerprint density at radius 2 is 1.58 bits per heavy atom. The number of amides is 1. The number of hydrogen-bond acceptors (Lipinski definition) is 3. The maximum Gasteiger partial charge on any atom is 0.413 e. The van der Waals surface area contributed by atoms with Crippen molar-refractivity contribution < 1.29 is 28.2 Å². The number of aromatic nitrogens is 1. The summed E-state index contributed by atoms with van der Waals surface area (Å²) in [6, 6.07) is 20.4. The number of benzene rings is 3. The van der Waals surface area contributed by atoms with E-state index in [-0.39, 0.29) is 11.4 Å². The lowest BCUT2D eigenvalue weighted by Gasteiger charge is -2.16. The molecular weight excluding hydrogens is 490 g/mol. The van der Waals surface area contributed by atoms with Crippen molar-refractivity contribution >= 4 is 17.9 Å². The first kappa shape index (κ1) is 25.2. The van der Waals surface area contributed by atoms with E-state index in [9.17, 15) is 23.5 Å². The molecular formula is C30H26F2N2O4. The van der Waals surface area contributed by atoms with Gasteiger partial charge < -0.3 is 14.4 Å². The van der Waals surface area contributed by atoms with Gasteiger partial charge in [0.1, 0.15) is 17.7 Å². The summed E-state index contributed by atoms with van der Waals surface area (Å²) in [5.74, 6) is -1.52. The molecule has 1 heterocycles. The summed E-state index contributed by atoms with van der Waals surface area (Å²) < 4.78 is 35.3. The zero-order valence-electron chi connectivity index (χ0n) is 20.9. The Balaban J connectivity index is 1.33. The highest BCUT2D eigenvalue weighted by molar-refractivity contribution is 5.91. The topological polar surface area (TPSA) is 80.6 Å². The van der Waals surface area contributed by atoms with Crippen molar-refractivity contribution in [3.63, 3.8) is 0 Å². The molecule has 4 aromatic rings. The summed E-state index contributed by atoms with van der Waals surface area (Å²) in [7, 11) is 1.61. The minimum absolute atomic E-state index is 0.210. The van der Waals surface area contributed by atoms with E-state index in [0.717, 1.165) is 16.7 Å². The minimum Gasteiger partial charge on any atom is -0.481 e. The predicted octanol–water partition coefficient (Wildman–Crippen LogP) is 7.06. The second kappa shape index (κ2) is 9.78. The van der Waals surface area contributed by atoms with Crippen LogP contribution in [-0.4, -0.2) is 21.7 Å². The molecule has 3 aromatic carbocycles. The van der Waals surface area contributed by atoms with Gasteiger partial charge in [-0.25, -0.2) is 13.6 Å². The average Bonchev–Trinajstić information content (AvgIpc) is 3.66. The number of carboxylic acids is 1. The minimum atomic E-state index is -0.796. The maximum absolute atomic E-state index is 14.9. The Morgan fingerprint density at radius 3 is 2.16 bits per heavy atom. The molecule has 8 heteroatoms. The van der Waals surface area contributed by atoms with Gasteiger partial charge in [0.2, 0.25) is 0 Å². The summed E-state index contributed by atoms with van der Waals surface area (Å²) in [6.45, 7) is 1.62. The zero-order chi connectivity index (χ0) is 27.0. The molecule has 38 heavy (non-hydrogen) atoms. The molecule has 0 bridgehead atoms. The highest BCUT2D eigenvalue weighted by Gasteiger charge is 2.51. The fraction of sp³-hybridized carbons (Fsp3) is 0.200. The van der Waals surface area contributed by atoms with Gasteiger partial charge >= 0.3 is 12.1 Å². The Morgan fingerprint density at radius 1 is 0.974 bits per heavy atom. The summed E-state index contributed by atoms with van der Waals surface area (Å²) in [5.41, 5.74) is 3.09. The molecule has 1 fully saturated rings. The fourth-order valence-electron chi connectivity index (χ4n) is 4.69. The van der Waals surface area contributed by atoms with Crippen LogP contribution in [0.25, 0.3) is 22.3 Å². The summed E-state index contributed by atoms with van der Waals surface area (Å²) in [5, 5.41) is 12.1. The molecule has 5 rings (SSSR count). The molecule has 0 saturated heterocycles. The standard InChI is InChI=1S/C30H26F2N2O4/c1-18(22-4-3-5-24(31)16-22)38-29(37)33-27-26(25(32)17-34(27)2)21-8-6-19(7-9-21)20-10-12-23(13-11-20)30(14-15-30)28(35)36/h3-13,16-18H,14-15H2,1-2H3,(H,33,37)(H,35,36)/t18-/m1/s1. The molecule has 0 radical (unpaired) electrons. The smallest absolute Gasteiger partial charge is 0.413 e. The number of carboxylic acid groups (broad SMARTS) is 1. The molecule has 1 aliphatic carbocycles. The van der Waals surface area contributed by atoms with E-state index in [1.807, 2.05) is 36.4 Å². The first-order valence-electron chi connectivity index (χ1n) is 12.2. The second-order valence-corrected chi connectivity index (χ2v) is 9.58. The predicted molar refractivity (Wildman–Crippen MR) is 140 cm³/mol. The third kappa shape index (κ3) is 4.77. The van der Waals surface area contributed by atoms with Crippen LogP contribution in [0, 0.1) is 11.6 Å². The zero-order valence-corrected chi connectivity index (χ0v) is 20.9. The Bertz CT molecular complexity index is 1510. The van der Waals surface area contributed by atoms with Gasteiger partial charge in [-0.05, 0) is 59.7 Å². The van der Waals surface area contributed by atoms with E-state index in [1.54, 1.807) is 32.2 Å². The molecule has 0 unspecified atom stereocenters. The van der Waals surface area contributed by atoms with E-state index in [1.165, 1.54) is 29.0 Å². The molecule has 2 N–H and O–H groups in total. The molecule has 6 nitrogen and oxygen atoms in total. The van der Waals surface area contributed by atoms with Gasteiger partial charge in [-0.3, -0.25) is 10.1 Å². The number of nitrogens with zero attached hydrogens (tertiary/aromatic N) is 1. The van der Waals surface area contributed by atoms with Gasteiger partial charge in [-0.15, -0.1) is 0 Å². The quantitative estimate of drug-likeness (QED) is 0.276. The van der Waals surface area contributed by atoms with E-state index < -0.39 is 35.2 Å². The number of aliphatic carboxylic acids is 1. The molecule has 0 aliphatic heterocycles. The molecule has 1 aromatic heterocycles. The third-order valence-corrected chi connectivity index (χ3v) is 7.06. The van der Waals surface area contributed by atoms with Crippen molar-refractivity contribution in [2.24, 2.45) is 7.05 Å². The lowest BCUT2D eigenvalue weighted by atomic mass is 9.93. The number of ether oxygens (including phenoxy) is 1. The number of anilines is 1. The average molecular weight is 517 g/mol. The van der Waals surface area contributed by atoms with Crippen LogP contribution in [0.15, 0.2) is 79.0 Å². The first-order valence-corrected chi connectivity index (χ1v) is 12.2. The van der Waals surface area contributed by atoms with Crippen molar-refractivity contribution in [2.75, 3.05) is 5.32 Å². The molecule has 1 atom stereocenters. The maximum atomic E-state index is 14.9. The van der Waals surface area contributed by atoms with Crippen LogP contribution < -0.4 is 5.32 Å². The number of carbonyl (C=O) groups excluding carboxylic acids is 1. The van der Waals surface area contributed by atoms with Crippen LogP contribution in [0.2, 0.25) is 0 Å². The van der Waals surface area contributed by atoms with Crippen molar-refractivity contribution in [3.05, 3.63) is 102 Å². The number of carbonyl (C=O) groups is 2. The van der Waals surface area contributed by atoms with E-state index >= 15 is 0 Å². The van der Waals surface area contributed by atoms with Gasteiger partial charge in [0.25, 0.3) is 0 Å². The van der Waals surface area contributed by atoms with Crippen molar-refractivity contribution in [2.45, 2.75) is 31.3 Å². The largest absolute Gasteiger partial charge is 0.481 e. The molecule has 1 amide bonds. The summed E-state index contributed by atoms with van der Waals surface area (Å²) in [4.78, 5) is 24.2. The number of halogens is 2. The normalized spacial score (nSPS) is 14.5. The van der Waals surface area contributed by atoms with Crippen molar-refractivity contribution in [1.29, 1.82) is 0 Å². The van der Waals surface area contributed by atoms with E-state index in [0.29, 0.717) is 24.0 Å². The third-order valence-electron chi connectivity index (χ3n) is 7.06. The molecule has 1 aliphatic rings. The van der Waals surface area contributed by atoms with Gasteiger partial charge in [0.05, 0.1) is 11.0 Å². The van der Waals surface area contributed by atoms with Gasteiger partial charge in [0, 0.05) is 13.2 Å². The van der Waals surface area contributed by atoms with E-state index in [4.69, 9.17) is 4.74 Å². The van der Waals surface area contributed by atoms with Crippen LogP contribution in [0.3, 0.4) is 0 Å². The van der Waals surface area contributed by atoms with Crippen LogP contribution in [0.5, 0.6) is 0 Å². The molecule has 0 spiro atoms. The first-order chi connectivity index (χ1) is 18.2. The Hall–Kier alpha value is -4.46. The van der Waals surface area contributed by atoms with Gasteiger partial charge in [-0.2, -0.15) is 0 Å². The Kier molecular flexibility index (Phi) is 6.48. The number of rotatable bonds is 7.